The number of carbonyl (C=O) groups excluding carboxylic acids is 1. The molecule has 204 valence electrons. The van der Waals surface area contributed by atoms with E-state index >= 15 is 0 Å². The third kappa shape index (κ3) is 5.18. The minimum atomic E-state index is -0.854. The highest BCUT2D eigenvalue weighted by Crippen LogP contribution is 2.38. The number of thiazole rings is 1. The van der Waals surface area contributed by atoms with Gasteiger partial charge in [0.05, 0.1) is 42.7 Å². The van der Waals surface area contributed by atoms with Gasteiger partial charge in [-0.25, -0.2) is 9.79 Å². The van der Waals surface area contributed by atoms with Crippen molar-refractivity contribution in [2.45, 2.75) is 13.0 Å². The van der Waals surface area contributed by atoms with Gasteiger partial charge in [0.1, 0.15) is 0 Å². The number of halogens is 2. The second-order valence-corrected chi connectivity index (χ2v) is 10.6. The van der Waals surface area contributed by atoms with Crippen LogP contribution in [0.4, 0.5) is 0 Å². The molecule has 7 nitrogen and oxygen atoms in total. The Morgan fingerprint density at radius 2 is 1.77 bits per heavy atom. The van der Waals surface area contributed by atoms with E-state index in [4.69, 9.17) is 42.4 Å². The lowest BCUT2D eigenvalue weighted by Crippen LogP contribution is -2.40. The fraction of sp³-hybridized carbons (Fsp3) is 0.167. The molecule has 0 aliphatic carbocycles. The SMILES string of the molecule is CCOC(=O)C1=C(c2ccccc2)N=c2s/c(=C\c3ccc(Cl)cc3Cl)c(=O)n2[C@@H]1c1ccc(OC)c(OC)c1. The molecule has 0 fully saturated rings. The summed E-state index contributed by atoms with van der Waals surface area (Å²) in [5.74, 6) is 0.400. The lowest BCUT2D eigenvalue weighted by atomic mass is 9.93. The Hall–Kier alpha value is -3.85. The van der Waals surface area contributed by atoms with Crippen LogP contribution in [0.3, 0.4) is 0 Å². The van der Waals surface area contributed by atoms with Crippen LogP contribution in [0.5, 0.6) is 11.5 Å². The molecule has 3 aromatic carbocycles. The van der Waals surface area contributed by atoms with Gasteiger partial charge in [-0.15, -0.1) is 0 Å². The number of fused-ring (bicyclic) bond motifs is 1. The van der Waals surface area contributed by atoms with E-state index in [1.165, 1.54) is 23.0 Å². The van der Waals surface area contributed by atoms with Gasteiger partial charge >= 0.3 is 5.97 Å². The Morgan fingerprint density at radius 1 is 1.02 bits per heavy atom. The second kappa shape index (κ2) is 11.7. The highest BCUT2D eigenvalue weighted by Gasteiger charge is 2.35. The molecule has 0 bridgehead atoms. The quantitative estimate of drug-likeness (QED) is 0.273. The molecule has 1 aliphatic heterocycles. The van der Waals surface area contributed by atoms with Crippen molar-refractivity contribution in [1.82, 2.24) is 4.57 Å². The molecular weight excluding hydrogens is 571 g/mol. The van der Waals surface area contributed by atoms with Crippen molar-refractivity contribution in [3.8, 4) is 11.5 Å². The normalized spacial score (nSPS) is 14.9. The minimum absolute atomic E-state index is 0.155. The van der Waals surface area contributed by atoms with Gasteiger partial charge < -0.3 is 14.2 Å². The zero-order valence-corrected chi connectivity index (χ0v) is 24.1. The molecule has 0 amide bonds. The standard InChI is InChI=1S/C30H24Cl2N2O5S/c1-4-39-29(36)25-26(17-8-6-5-7-9-17)33-30-34(27(25)19-11-13-22(37-2)23(14-19)38-3)28(35)24(40-30)15-18-10-12-20(31)16-21(18)32/h5-16,27H,4H2,1-3H3/b24-15-/t27-/m1/s1. The number of hydrogen-bond acceptors (Lipinski definition) is 7. The molecule has 0 radical (unpaired) electrons. The van der Waals surface area contributed by atoms with Crippen molar-refractivity contribution in [1.29, 1.82) is 0 Å². The van der Waals surface area contributed by atoms with E-state index in [-0.39, 0.29) is 17.7 Å². The smallest absolute Gasteiger partial charge is 0.338 e. The van der Waals surface area contributed by atoms with E-state index in [1.54, 1.807) is 56.5 Å². The summed E-state index contributed by atoms with van der Waals surface area (Å²) < 4.78 is 18.4. The summed E-state index contributed by atoms with van der Waals surface area (Å²) in [6, 6.07) is 18.8. The Bertz CT molecular complexity index is 1810. The van der Waals surface area contributed by atoms with Crippen molar-refractivity contribution in [2.75, 3.05) is 20.8 Å². The molecule has 0 saturated carbocycles. The highest BCUT2D eigenvalue weighted by atomic mass is 35.5. The van der Waals surface area contributed by atoms with Crippen molar-refractivity contribution in [3.63, 3.8) is 0 Å². The van der Waals surface area contributed by atoms with Gasteiger partial charge in [-0.2, -0.15) is 0 Å². The van der Waals surface area contributed by atoms with Crippen molar-refractivity contribution in [3.05, 3.63) is 119 Å². The number of carbonyl (C=O) groups is 1. The van der Waals surface area contributed by atoms with Gasteiger partial charge in [0, 0.05) is 15.6 Å². The van der Waals surface area contributed by atoms with E-state index in [9.17, 15) is 9.59 Å². The Balaban J connectivity index is 1.85. The average molecular weight is 596 g/mol. The zero-order valence-electron chi connectivity index (χ0n) is 21.8. The third-order valence-corrected chi connectivity index (χ3v) is 7.89. The van der Waals surface area contributed by atoms with E-state index < -0.39 is 12.0 Å². The van der Waals surface area contributed by atoms with Crippen LogP contribution >= 0.6 is 34.5 Å². The molecule has 5 rings (SSSR count). The molecule has 40 heavy (non-hydrogen) atoms. The number of ether oxygens (including phenoxy) is 3. The topological polar surface area (TPSA) is 79.1 Å². The molecule has 1 atom stereocenters. The largest absolute Gasteiger partial charge is 0.493 e. The lowest BCUT2D eigenvalue weighted by molar-refractivity contribution is -0.138. The maximum absolute atomic E-state index is 14.0. The van der Waals surface area contributed by atoms with E-state index in [0.29, 0.717) is 47.7 Å². The zero-order chi connectivity index (χ0) is 28.4. The first-order chi connectivity index (χ1) is 19.4. The average Bonchev–Trinajstić information content (AvgIpc) is 3.28. The van der Waals surface area contributed by atoms with Crippen LogP contribution in [0.15, 0.2) is 82.1 Å². The van der Waals surface area contributed by atoms with Gasteiger partial charge in [-0.3, -0.25) is 9.36 Å². The van der Waals surface area contributed by atoms with Crippen LogP contribution in [0.2, 0.25) is 10.0 Å². The Kier molecular flexibility index (Phi) is 8.12. The van der Waals surface area contributed by atoms with E-state index in [1.807, 2.05) is 30.3 Å². The number of rotatable bonds is 7. The first kappa shape index (κ1) is 27.7. The van der Waals surface area contributed by atoms with Gasteiger partial charge in [0.2, 0.25) is 0 Å². The first-order valence-corrected chi connectivity index (χ1v) is 13.9. The molecular formula is C30H24Cl2N2O5S. The van der Waals surface area contributed by atoms with Crippen LogP contribution in [0.25, 0.3) is 11.8 Å². The monoisotopic (exact) mass is 594 g/mol. The predicted molar refractivity (Wildman–Crippen MR) is 157 cm³/mol. The van der Waals surface area contributed by atoms with E-state index in [2.05, 4.69) is 0 Å². The van der Waals surface area contributed by atoms with Gasteiger partial charge in [-0.1, -0.05) is 77.0 Å². The number of methoxy groups -OCH3 is 2. The fourth-order valence-corrected chi connectivity index (χ4v) is 5.99. The molecule has 0 N–H and O–H groups in total. The summed E-state index contributed by atoms with van der Waals surface area (Å²) in [6.45, 7) is 1.89. The van der Waals surface area contributed by atoms with Crippen LogP contribution in [-0.4, -0.2) is 31.4 Å². The maximum atomic E-state index is 14.0. The number of aromatic nitrogens is 1. The molecule has 1 aromatic heterocycles. The van der Waals surface area contributed by atoms with Crippen LogP contribution < -0.4 is 24.4 Å². The number of benzene rings is 3. The van der Waals surface area contributed by atoms with Gasteiger partial charge in [0.25, 0.3) is 5.56 Å². The Labute approximate surface area is 244 Å². The number of hydrogen-bond donors (Lipinski definition) is 0. The van der Waals surface area contributed by atoms with Crippen LogP contribution in [0.1, 0.15) is 29.7 Å². The van der Waals surface area contributed by atoms with Crippen LogP contribution in [-0.2, 0) is 9.53 Å². The third-order valence-electron chi connectivity index (χ3n) is 6.35. The molecule has 0 unspecified atom stereocenters. The molecule has 2 heterocycles. The fourth-order valence-electron chi connectivity index (χ4n) is 4.54. The predicted octanol–water partition coefficient (Wildman–Crippen LogP) is 5.26. The molecule has 1 aliphatic rings. The van der Waals surface area contributed by atoms with Crippen LogP contribution in [0, 0.1) is 0 Å². The molecule has 10 heteroatoms. The summed E-state index contributed by atoms with van der Waals surface area (Å²) in [5, 5.41) is 0.899. The summed E-state index contributed by atoms with van der Waals surface area (Å²) in [4.78, 5) is 32.9. The number of nitrogens with zero attached hydrogens (tertiary/aromatic N) is 2. The van der Waals surface area contributed by atoms with E-state index in [0.717, 1.165) is 5.56 Å². The summed E-state index contributed by atoms with van der Waals surface area (Å²) >= 11 is 13.7. The lowest BCUT2D eigenvalue weighted by Gasteiger charge is -2.26. The minimum Gasteiger partial charge on any atom is -0.493 e. The van der Waals surface area contributed by atoms with Crippen molar-refractivity contribution < 1.29 is 19.0 Å². The molecule has 4 aromatic rings. The Morgan fingerprint density at radius 3 is 2.45 bits per heavy atom. The van der Waals surface area contributed by atoms with Gasteiger partial charge in [-0.05, 0) is 48.4 Å². The highest BCUT2D eigenvalue weighted by molar-refractivity contribution is 7.07. The van der Waals surface area contributed by atoms with Crippen molar-refractivity contribution >= 4 is 52.3 Å². The van der Waals surface area contributed by atoms with Gasteiger partial charge in [0.15, 0.2) is 16.3 Å². The summed E-state index contributed by atoms with van der Waals surface area (Å²) in [6.07, 6.45) is 1.70. The first-order valence-electron chi connectivity index (χ1n) is 12.3. The molecule has 0 saturated heterocycles. The summed E-state index contributed by atoms with van der Waals surface area (Å²) in [5.41, 5.74) is 2.31. The number of esters is 1. The molecule has 0 spiro atoms. The second-order valence-electron chi connectivity index (χ2n) is 8.71. The maximum Gasteiger partial charge on any atom is 0.338 e. The summed E-state index contributed by atoms with van der Waals surface area (Å²) in [7, 11) is 3.07. The van der Waals surface area contributed by atoms with Crippen molar-refractivity contribution in [2.24, 2.45) is 4.99 Å².